The smallest absolute Gasteiger partial charge is 0.253 e. The van der Waals surface area contributed by atoms with Gasteiger partial charge in [-0.15, -0.1) is 0 Å². The maximum Gasteiger partial charge on any atom is 0.253 e. The summed E-state index contributed by atoms with van der Waals surface area (Å²) in [6.07, 6.45) is 3.41. The van der Waals surface area contributed by atoms with E-state index >= 15 is 0 Å². The Balaban J connectivity index is 2.02. The Morgan fingerprint density at radius 2 is 1.88 bits per heavy atom. The maximum atomic E-state index is 13.0. The van der Waals surface area contributed by atoms with Crippen molar-refractivity contribution >= 4 is 34.7 Å². The Kier molecular flexibility index (Phi) is 4.41. The Bertz CT molecular complexity index is 721. The van der Waals surface area contributed by atoms with Gasteiger partial charge in [-0.3, -0.25) is 9.59 Å². The van der Waals surface area contributed by atoms with Crippen LogP contribution < -0.4 is 16.4 Å². The maximum absolute atomic E-state index is 13.0. The summed E-state index contributed by atoms with van der Waals surface area (Å²) in [5.74, 6) is -1.29. The summed E-state index contributed by atoms with van der Waals surface area (Å²) in [6, 6.07) is 9.29. The fraction of sp³-hybridized carbons (Fsp3) is 0.389. The highest BCUT2D eigenvalue weighted by Gasteiger charge is 2.53. The van der Waals surface area contributed by atoms with Gasteiger partial charge < -0.3 is 16.4 Å². The second kappa shape index (κ2) is 6.36. The van der Waals surface area contributed by atoms with Gasteiger partial charge in [-0.05, 0) is 31.9 Å². The summed E-state index contributed by atoms with van der Waals surface area (Å²) < 4.78 is 0. The normalized spacial score (nSPS) is 22.4. The molecule has 0 bridgehead atoms. The molecular formula is C18H21N3O2S. The van der Waals surface area contributed by atoms with Crippen LogP contribution >= 0.6 is 12.2 Å². The molecule has 0 radical (unpaired) electrons. The molecule has 1 aliphatic carbocycles. The molecule has 24 heavy (non-hydrogen) atoms. The zero-order valence-corrected chi connectivity index (χ0v) is 14.4. The number of rotatable bonds is 3. The monoisotopic (exact) mass is 343 g/mol. The van der Waals surface area contributed by atoms with Crippen LogP contribution in [0.15, 0.2) is 41.6 Å². The van der Waals surface area contributed by atoms with E-state index in [1.165, 1.54) is 0 Å². The number of anilines is 1. The van der Waals surface area contributed by atoms with Crippen molar-refractivity contribution in [2.45, 2.75) is 32.6 Å². The molecule has 1 saturated carbocycles. The fourth-order valence-electron chi connectivity index (χ4n) is 4.15. The van der Waals surface area contributed by atoms with Crippen LogP contribution in [-0.2, 0) is 9.59 Å². The Hall–Kier alpha value is -2.21. The summed E-state index contributed by atoms with van der Waals surface area (Å²) >= 11 is 5.38. The number of nitrogens with two attached hydrogens (primary N) is 1. The standard InChI is InChI=1S/C18H21N3O2S/c1-11-13(16(23)21-12-7-3-2-4-8-12)18(9-5-6-10-18)14(15(19)22)17(24)20-11/h2-4,7-8,14H,5-6,9-10H2,1H3,(H2,19,22)(H,20,24)(H,21,23). The summed E-state index contributed by atoms with van der Waals surface area (Å²) in [5, 5.41) is 5.96. The highest BCUT2D eigenvalue weighted by atomic mass is 32.1. The van der Waals surface area contributed by atoms with Crippen LogP contribution in [0.3, 0.4) is 0 Å². The predicted octanol–water partition coefficient (Wildman–Crippen LogP) is 2.49. The van der Waals surface area contributed by atoms with Crippen molar-refractivity contribution in [1.82, 2.24) is 5.32 Å². The molecule has 1 unspecified atom stereocenters. The number of primary amides is 1. The number of thiocarbonyl (C=S) groups is 1. The number of para-hydroxylation sites is 1. The third kappa shape index (κ3) is 2.71. The van der Waals surface area contributed by atoms with Gasteiger partial charge in [0.2, 0.25) is 5.91 Å². The van der Waals surface area contributed by atoms with Crippen LogP contribution in [0.1, 0.15) is 32.6 Å². The lowest BCUT2D eigenvalue weighted by Crippen LogP contribution is -2.53. The minimum absolute atomic E-state index is 0.193. The third-order valence-corrected chi connectivity index (χ3v) is 5.38. The van der Waals surface area contributed by atoms with Crippen molar-refractivity contribution in [3.8, 4) is 0 Å². The lowest BCUT2D eigenvalue weighted by molar-refractivity contribution is -0.123. The van der Waals surface area contributed by atoms with Gasteiger partial charge in [-0.25, -0.2) is 0 Å². The van der Waals surface area contributed by atoms with Gasteiger partial charge >= 0.3 is 0 Å². The molecule has 3 rings (SSSR count). The molecule has 0 aromatic heterocycles. The molecule has 6 heteroatoms. The molecular weight excluding hydrogens is 322 g/mol. The molecule has 1 atom stereocenters. The largest absolute Gasteiger partial charge is 0.369 e. The van der Waals surface area contributed by atoms with Crippen molar-refractivity contribution in [2.75, 3.05) is 5.32 Å². The molecule has 1 aromatic carbocycles. The summed E-state index contributed by atoms with van der Waals surface area (Å²) in [6.45, 7) is 1.84. The Morgan fingerprint density at radius 3 is 2.46 bits per heavy atom. The topological polar surface area (TPSA) is 84.2 Å². The number of amides is 2. The molecule has 4 N–H and O–H groups in total. The number of hydrogen-bond donors (Lipinski definition) is 3. The number of benzene rings is 1. The van der Waals surface area contributed by atoms with Gasteiger partial charge in [0.05, 0.1) is 10.9 Å². The van der Waals surface area contributed by atoms with E-state index in [1.807, 2.05) is 37.3 Å². The van der Waals surface area contributed by atoms with Crippen LogP contribution in [0.4, 0.5) is 5.69 Å². The first-order chi connectivity index (χ1) is 11.5. The van der Waals surface area contributed by atoms with Crippen molar-refractivity contribution in [1.29, 1.82) is 0 Å². The van der Waals surface area contributed by atoms with Crippen LogP contribution in [-0.4, -0.2) is 16.8 Å². The van der Waals surface area contributed by atoms with Gasteiger partial charge in [0.25, 0.3) is 5.91 Å². The van der Waals surface area contributed by atoms with Crippen LogP contribution in [0.25, 0.3) is 0 Å². The third-order valence-electron chi connectivity index (χ3n) is 5.04. The number of carbonyl (C=O) groups excluding carboxylic acids is 2. The van der Waals surface area contributed by atoms with E-state index in [-0.39, 0.29) is 5.91 Å². The SMILES string of the molecule is CC1=C(C(=O)Nc2ccccc2)C2(CCCC2)C(C(N)=O)C(=S)N1. The van der Waals surface area contributed by atoms with E-state index in [4.69, 9.17) is 18.0 Å². The van der Waals surface area contributed by atoms with Crippen molar-refractivity contribution in [2.24, 2.45) is 17.1 Å². The van der Waals surface area contributed by atoms with Crippen LogP contribution in [0.2, 0.25) is 0 Å². The molecule has 1 aromatic rings. The second-order valence-corrected chi connectivity index (χ2v) is 6.95. The summed E-state index contributed by atoms with van der Waals surface area (Å²) in [5.41, 5.74) is 7.12. The molecule has 1 heterocycles. The van der Waals surface area contributed by atoms with E-state index in [1.54, 1.807) is 0 Å². The van der Waals surface area contributed by atoms with E-state index in [9.17, 15) is 9.59 Å². The fourth-order valence-corrected chi connectivity index (χ4v) is 4.64. The molecule has 1 aliphatic heterocycles. The molecule has 5 nitrogen and oxygen atoms in total. The zero-order valence-electron chi connectivity index (χ0n) is 13.6. The second-order valence-electron chi connectivity index (χ2n) is 6.51. The number of carbonyl (C=O) groups is 2. The molecule has 0 saturated heterocycles. The first kappa shape index (κ1) is 16.6. The number of hydrogen-bond acceptors (Lipinski definition) is 3. The van der Waals surface area contributed by atoms with Crippen LogP contribution in [0, 0.1) is 11.3 Å². The molecule has 2 aliphatic rings. The zero-order chi connectivity index (χ0) is 17.3. The highest BCUT2D eigenvalue weighted by Crippen LogP contribution is 2.53. The van der Waals surface area contributed by atoms with Gasteiger partial charge in [0, 0.05) is 22.4 Å². The van der Waals surface area contributed by atoms with Crippen molar-refractivity contribution < 1.29 is 9.59 Å². The molecule has 1 spiro atoms. The Morgan fingerprint density at radius 1 is 1.25 bits per heavy atom. The first-order valence-electron chi connectivity index (χ1n) is 8.13. The van der Waals surface area contributed by atoms with Crippen LogP contribution in [0.5, 0.6) is 0 Å². The van der Waals surface area contributed by atoms with Crippen molar-refractivity contribution in [3.05, 3.63) is 41.6 Å². The minimum Gasteiger partial charge on any atom is -0.369 e. The molecule has 126 valence electrons. The van der Waals surface area contributed by atoms with E-state index in [0.29, 0.717) is 16.3 Å². The summed E-state index contributed by atoms with van der Waals surface area (Å²) in [4.78, 5) is 25.5. The molecule has 2 amide bonds. The predicted molar refractivity (Wildman–Crippen MR) is 97.1 cm³/mol. The quantitative estimate of drug-likeness (QED) is 0.736. The number of nitrogens with one attached hydrogen (secondary N) is 2. The lowest BCUT2D eigenvalue weighted by Gasteiger charge is -2.42. The van der Waals surface area contributed by atoms with Gasteiger partial charge in [0.1, 0.15) is 0 Å². The summed E-state index contributed by atoms with van der Waals surface area (Å²) in [7, 11) is 0. The molecule has 1 fully saturated rings. The highest BCUT2D eigenvalue weighted by molar-refractivity contribution is 7.80. The first-order valence-corrected chi connectivity index (χ1v) is 8.54. The lowest BCUT2D eigenvalue weighted by atomic mass is 9.65. The Labute approximate surface area is 146 Å². The van der Waals surface area contributed by atoms with Gasteiger partial charge in [-0.2, -0.15) is 0 Å². The van der Waals surface area contributed by atoms with E-state index < -0.39 is 17.2 Å². The average Bonchev–Trinajstić information content (AvgIpc) is 2.96. The van der Waals surface area contributed by atoms with Gasteiger partial charge in [-0.1, -0.05) is 43.3 Å². The number of allylic oxidation sites excluding steroid dienone is 1. The van der Waals surface area contributed by atoms with E-state index in [2.05, 4.69) is 10.6 Å². The average molecular weight is 343 g/mol. The van der Waals surface area contributed by atoms with Crippen molar-refractivity contribution in [3.63, 3.8) is 0 Å². The van der Waals surface area contributed by atoms with E-state index in [0.717, 1.165) is 31.4 Å². The van der Waals surface area contributed by atoms with Gasteiger partial charge in [0.15, 0.2) is 0 Å². The minimum atomic E-state index is -0.629.